The molecule has 0 aliphatic carbocycles. The number of carboxylic acid groups (broad SMARTS) is 1. The summed E-state index contributed by atoms with van der Waals surface area (Å²) in [4.78, 5) is 42.0. The second kappa shape index (κ2) is 7.04. The first kappa shape index (κ1) is 17.1. The number of aromatic nitrogens is 2. The summed E-state index contributed by atoms with van der Waals surface area (Å²) in [5.41, 5.74) is 0.423. The topological polar surface area (TPSA) is 92.5 Å². The van der Waals surface area contributed by atoms with Crippen LogP contribution in [0.2, 0.25) is 0 Å². The first-order chi connectivity index (χ1) is 12.0. The number of fused-ring (bicyclic) bond motifs is 1. The molecule has 2 heterocycles. The molecule has 2 unspecified atom stereocenters. The molecule has 2 atom stereocenters. The molecule has 1 fully saturated rings. The molecule has 7 nitrogen and oxygen atoms in total. The van der Waals surface area contributed by atoms with E-state index in [4.69, 9.17) is 0 Å². The molecule has 0 spiro atoms. The van der Waals surface area contributed by atoms with Gasteiger partial charge >= 0.3 is 5.97 Å². The number of nitrogens with zero attached hydrogens (tertiary/aromatic N) is 3. The molecule has 1 aliphatic rings. The summed E-state index contributed by atoms with van der Waals surface area (Å²) >= 11 is 0. The summed E-state index contributed by atoms with van der Waals surface area (Å²) in [6.45, 7) is 2.63. The number of aliphatic carboxylic acids is 1. The highest BCUT2D eigenvalue weighted by Crippen LogP contribution is 2.23. The molecule has 1 aliphatic heterocycles. The van der Waals surface area contributed by atoms with Crippen LogP contribution in [0.3, 0.4) is 0 Å². The van der Waals surface area contributed by atoms with Gasteiger partial charge in [0.05, 0.1) is 17.2 Å². The minimum Gasteiger partial charge on any atom is -0.480 e. The van der Waals surface area contributed by atoms with Crippen molar-refractivity contribution in [2.75, 3.05) is 6.54 Å². The summed E-state index contributed by atoms with van der Waals surface area (Å²) < 4.78 is 1.41. The quantitative estimate of drug-likeness (QED) is 0.908. The lowest BCUT2D eigenvalue weighted by Crippen LogP contribution is -2.50. The van der Waals surface area contributed by atoms with E-state index in [1.807, 2.05) is 13.0 Å². The van der Waals surface area contributed by atoms with Crippen LogP contribution >= 0.6 is 0 Å². The second-order valence-electron chi connectivity index (χ2n) is 6.58. The summed E-state index contributed by atoms with van der Waals surface area (Å²) in [6, 6.07) is 6.27. The highest BCUT2D eigenvalue weighted by molar-refractivity contribution is 5.84. The van der Waals surface area contributed by atoms with E-state index in [9.17, 15) is 19.5 Å². The average Bonchev–Trinajstić information content (AvgIpc) is 2.61. The fourth-order valence-corrected chi connectivity index (χ4v) is 3.30. The van der Waals surface area contributed by atoms with Crippen molar-refractivity contribution in [2.45, 2.75) is 38.8 Å². The van der Waals surface area contributed by atoms with Gasteiger partial charge in [0.15, 0.2) is 0 Å². The Morgan fingerprint density at radius 3 is 2.84 bits per heavy atom. The van der Waals surface area contributed by atoms with Crippen LogP contribution < -0.4 is 5.56 Å². The molecule has 25 heavy (non-hydrogen) atoms. The van der Waals surface area contributed by atoms with Crippen LogP contribution in [0.5, 0.6) is 0 Å². The molecule has 1 saturated heterocycles. The number of carboxylic acids is 1. The molecule has 0 bridgehead atoms. The van der Waals surface area contributed by atoms with Gasteiger partial charge in [-0.15, -0.1) is 0 Å². The predicted octanol–water partition coefficient (Wildman–Crippen LogP) is 1.50. The fourth-order valence-electron chi connectivity index (χ4n) is 3.30. The maximum Gasteiger partial charge on any atom is 0.326 e. The standard InChI is InChI=1S/C18H21N3O4/c1-12-6-9-21(15(10-12)18(24)25)16(22)7-8-20-11-19-14-5-3-2-4-13(14)17(20)23/h2-5,11-12,15H,6-10H2,1H3,(H,24,25). The van der Waals surface area contributed by atoms with Crippen LogP contribution in [0.15, 0.2) is 35.4 Å². The largest absolute Gasteiger partial charge is 0.480 e. The zero-order chi connectivity index (χ0) is 18.0. The van der Waals surface area contributed by atoms with E-state index in [2.05, 4.69) is 4.98 Å². The van der Waals surface area contributed by atoms with Crippen molar-refractivity contribution >= 4 is 22.8 Å². The van der Waals surface area contributed by atoms with Crippen molar-refractivity contribution in [1.82, 2.24) is 14.5 Å². The van der Waals surface area contributed by atoms with Crippen LogP contribution in [0, 0.1) is 5.92 Å². The number of hydrogen-bond acceptors (Lipinski definition) is 4. The van der Waals surface area contributed by atoms with Crippen molar-refractivity contribution in [3.63, 3.8) is 0 Å². The molecule has 0 saturated carbocycles. The van der Waals surface area contributed by atoms with Gasteiger partial charge < -0.3 is 10.0 Å². The zero-order valence-corrected chi connectivity index (χ0v) is 14.1. The SMILES string of the molecule is CC1CCN(C(=O)CCn2cnc3ccccc3c2=O)C(C(=O)O)C1. The average molecular weight is 343 g/mol. The van der Waals surface area contributed by atoms with Gasteiger partial charge in [-0.1, -0.05) is 19.1 Å². The fraction of sp³-hybridized carbons (Fsp3) is 0.444. The van der Waals surface area contributed by atoms with Crippen molar-refractivity contribution < 1.29 is 14.7 Å². The Labute approximate surface area is 144 Å². The number of benzene rings is 1. The minimum atomic E-state index is -0.968. The molecule has 1 aromatic carbocycles. The summed E-state index contributed by atoms with van der Waals surface area (Å²) in [7, 11) is 0. The Balaban J connectivity index is 1.73. The van der Waals surface area contributed by atoms with Crippen molar-refractivity contribution in [1.29, 1.82) is 0 Å². The number of likely N-dealkylation sites (tertiary alicyclic amines) is 1. The third-order valence-corrected chi connectivity index (χ3v) is 4.77. The molecular weight excluding hydrogens is 322 g/mol. The number of amides is 1. The van der Waals surface area contributed by atoms with E-state index in [0.717, 1.165) is 6.42 Å². The smallest absolute Gasteiger partial charge is 0.326 e. The van der Waals surface area contributed by atoms with Gasteiger partial charge in [0, 0.05) is 19.5 Å². The molecule has 1 N–H and O–H groups in total. The van der Waals surface area contributed by atoms with E-state index in [-0.39, 0.29) is 30.3 Å². The van der Waals surface area contributed by atoms with Gasteiger partial charge in [0.25, 0.3) is 5.56 Å². The number of para-hydroxylation sites is 1. The number of piperidine rings is 1. The van der Waals surface area contributed by atoms with Gasteiger partial charge in [-0.25, -0.2) is 9.78 Å². The predicted molar refractivity (Wildman–Crippen MR) is 92.2 cm³/mol. The molecule has 2 aromatic rings. The van der Waals surface area contributed by atoms with Crippen molar-refractivity contribution in [2.24, 2.45) is 5.92 Å². The van der Waals surface area contributed by atoms with Crippen molar-refractivity contribution in [3.8, 4) is 0 Å². The zero-order valence-electron chi connectivity index (χ0n) is 14.1. The monoisotopic (exact) mass is 343 g/mol. The van der Waals surface area contributed by atoms with E-state index in [1.54, 1.807) is 18.2 Å². The van der Waals surface area contributed by atoms with Gasteiger partial charge in [0.2, 0.25) is 5.91 Å². The number of hydrogen-bond donors (Lipinski definition) is 1. The molecule has 1 aromatic heterocycles. The summed E-state index contributed by atoms with van der Waals surface area (Å²) in [5.74, 6) is -0.916. The van der Waals surface area contributed by atoms with Crippen LogP contribution in [-0.4, -0.2) is 44.0 Å². The van der Waals surface area contributed by atoms with E-state index < -0.39 is 12.0 Å². The first-order valence-corrected chi connectivity index (χ1v) is 8.44. The first-order valence-electron chi connectivity index (χ1n) is 8.44. The van der Waals surface area contributed by atoms with Crippen LogP contribution in [0.25, 0.3) is 10.9 Å². The van der Waals surface area contributed by atoms with E-state index >= 15 is 0 Å². The lowest BCUT2D eigenvalue weighted by atomic mass is 9.92. The van der Waals surface area contributed by atoms with Crippen molar-refractivity contribution in [3.05, 3.63) is 40.9 Å². The second-order valence-corrected chi connectivity index (χ2v) is 6.58. The molecule has 3 rings (SSSR count). The number of carbonyl (C=O) groups excluding carboxylic acids is 1. The minimum absolute atomic E-state index is 0.0814. The molecule has 1 amide bonds. The lowest BCUT2D eigenvalue weighted by Gasteiger charge is -2.36. The molecular formula is C18H21N3O4. The van der Waals surface area contributed by atoms with Gasteiger partial charge in [-0.3, -0.25) is 14.2 Å². The molecule has 7 heteroatoms. The Morgan fingerprint density at radius 2 is 2.08 bits per heavy atom. The molecule has 0 radical (unpaired) electrons. The normalized spacial score (nSPS) is 20.6. The Kier molecular flexibility index (Phi) is 4.83. The Bertz CT molecular complexity index is 861. The van der Waals surface area contributed by atoms with E-state index in [0.29, 0.717) is 23.9 Å². The van der Waals surface area contributed by atoms with Gasteiger partial charge in [-0.05, 0) is 30.9 Å². The third kappa shape index (κ3) is 3.55. The molecule has 132 valence electrons. The van der Waals surface area contributed by atoms with Crippen LogP contribution in [0.4, 0.5) is 0 Å². The summed E-state index contributed by atoms with van der Waals surface area (Å²) in [5, 5.41) is 9.87. The third-order valence-electron chi connectivity index (χ3n) is 4.77. The number of rotatable bonds is 4. The van der Waals surface area contributed by atoms with Crippen LogP contribution in [0.1, 0.15) is 26.2 Å². The lowest BCUT2D eigenvalue weighted by molar-refractivity contribution is -0.153. The van der Waals surface area contributed by atoms with Gasteiger partial charge in [-0.2, -0.15) is 0 Å². The number of carbonyl (C=O) groups is 2. The maximum absolute atomic E-state index is 12.5. The highest BCUT2D eigenvalue weighted by atomic mass is 16.4. The maximum atomic E-state index is 12.5. The van der Waals surface area contributed by atoms with E-state index in [1.165, 1.54) is 15.8 Å². The highest BCUT2D eigenvalue weighted by Gasteiger charge is 2.34. The van der Waals surface area contributed by atoms with Crippen LogP contribution in [-0.2, 0) is 16.1 Å². The number of aryl methyl sites for hydroxylation is 1. The Morgan fingerprint density at radius 1 is 1.32 bits per heavy atom. The summed E-state index contributed by atoms with van der Waals surface area (Å²) in [6.07, 6.45) is 2.79. The van der Waals surface area contributed by atoms with Gasteiger partial charge in [0.1, 0.15) is 6.04 Å². The Hall–Kier alpha value is -2.70.